The molecule has 0 bridgehead atoms. The maximum absolute atomic E-state index is 11.4. The molecule has 88 valence electrons. The second kappa shape index (κ2) is 6.50. The summed E-state index contributed by atoms with van der Waals surface area (Å²) in [6.45, 7) is 0.528. The van der Waals surface area contributed by atoms with Crippen molar-refractivity contribution in [3.8, 4) is 5.75 Å². The third-order valence-electron chi connectivity index (χ3n) is 2.04. The van der Waals surface area contributed by atoms with Crippen LogP contribution in [0.15, 0.2) is 22.7 Å². The van der Waals surface area contributed by atoms with Gasteiger partial charge in [-0.25, -0.2) is 0 Å². The number of anilines is 1. The van der Waals surface area contributed by atoms with Gasteiger partial charge in [0.25, 0.3) is 0 Å². The van der Waals surface area contributed by atoms with Crippen molar-refractivity contribution >= 4 is 27.5 Å². The first-order valence-corrected chi connectivity index (χ1v) is 5.80. The van der Waals surface area contributed by atoms with Crippen LogP contribution in [0.3, 0.4) is 0 Å². The van der Waals surface area contributed by atoms with Gasteiger partial charge in [-0.2, -0.15) is 0 Å². The molecule has 1 aromatic rings. The molecule has 1 amide bonds. The lowest BCUT2D eigenvalue weighted by Crippen LogP contribution is -2.13. The van der Waals surface area contributed by atoms with Gasteiger partial charge in [-0.15, -0.1) is 0 Å². The lowest BCUT2D eigenvalue weighted by Gasteiger charge is -2.07. The second-order valence-corrected chi connectivity index (χ2v) is 4.14. The quantitative estimate of drug-likeness (QED) is 0.872. The van der Waals surface area contributed by atoms with Gasteiger partial charge in [0, 0.05) is 12.1 Å². The first kappa shape index (κ1) is 13.0. The van der Waals surface area contributed by atoms with Gasteiger partial charge in [0.2, 0.25) is 5.91 Å². The number of methoxy groups -OCH3 is 1. The highest BCUT2D eigenvalue weighted by Gasteiger charge is 2.04. The molecule has 0 spiro atoms. The van der Waals surface area contributed by atoms with Gasteiger partial charge in [0.15, 0.2) is 0 Å². The molecule has 1 rings (SSSR count). The summed E-state index contributed by atoms with van der Waals surface area (Å²) in [7, 11) is 1.60. The molecule has 16 heavy (non-hydrogen) atoms. The van der Waals surface area contributed by atoms with E-state index in [1.807, 2.05) is 0 Å². The molecule has 0 fully saturated rings. The van der Waals surface area contributed by atoms with Crippen LogP contribution in [0.1, 0.15) is 12.8 Å². The van der Waals surface area contributed by atoms with E-state index in [0.29, 0.717) is 19.4 Å². The van der Waals surface area contributed by atoms with Crippen LogP contribution < -0.4 is 15.8 Å². The molecule has 4 nitrogen and oxygen atoms in total. The number of amides is 1. The van der Waals surface area contributed by atoms with Crippen molar-refractivity contribution in [2.75, 3.05) is 19.0 Å². The molecule has 0 aliphatic rings. The number of nitrogens with two attached hydrogens (primary N) is 1. The van der Waals surface area contributed by atoms with Gasteiger partial charge in [-0.3, -0.25) is 4.79 Å². The number of rotatable bonds is 5. The largest absolute Gasteiger partial charge is 0.496 e. The van der Waals surface area contributed by atoms with E-state index in [1.165, 1.54) is 0 Å². The molecule has 3 N–H and O–H groups in total. The predicted octanol–water partition coefficient (Wildman–Crippen LogP) is 2.14. The van der Waals surface area contributed by atoms with Crippen molar-refractivity contribution in [3.63, 3.8) is 0 Å². The molecule has 0 saturated carbocycles. The summed E-state index contributed by atoms with van der Waals surface area (Å²) in [6.07, 6.45) is 1.14. The van der Waals surface area contributed by atoms with Gasteiger partial charge in [-0.1, -0.05) is 0 Å². The lowest BCUT2D eigenvalue weighted by atomic mass is 10.2. The van der Waals surface area contributed by atoms with Crippen molar-refractivity contribution in [1.82, 2.24) is 0 Å². The van der Waals surface area contributed by atoms with E-state index in [4.69, 9.17) is 10.5 Å². The number of carbonyl (C=O) groups excluding carboxylic acids is 1. The minimum Gasteiger partial charge on any atom is -0.496 e. The third kappa shape index (κ3) is 3.83. The number of hydrogen-bond acceptors (Lipinski definition) is 3. The fourth-order valence-electron chi connectivity index (χ4n) is 1.23. The summed E-state index contributed by atoms with van der Waals surface area (Å²) < 4.78 is 5.91. The fourth-order valence-corrected chi connectivity index (χ4v) is 1.77. The van der Waals surface area contributed by atoms with E-state index in [-0.39, 0.29) is 5.91 Å². The topological polar surface area (TPSA) is 64.3 Å². The molecule has 0 radical (unpaired) electrons. The number of hydrogen-bond donors (Lipinski definition) is 2. The maximum atomic E-state index is 11.4. The zero-order valence-electron chi connectivity index (χ0n) is 9.13. The van der Waals surface area contributed by atoms with E-state index >= 15 is 0 Å². The summed E-state index contributed by atoms with van der Waals surface area (Å²) in [4.78, 5) is 11.4. The van der Waals surface area contributed by atoms with Crippen molar-refractivity contribution in [2.24, 2.45) is 5.73 Å². The van der Waals surface area contributed by atoms with Crippen LogP contribution in [0.5, 0.6) is 5.75 Å². The summed E-state index contributed by atoms with van der Waals surface area (Å²) in [5.41, 5.74) is 6.07. The molecule has 1 aromatic carbocycles. The van der Waals surface area contributed by atoms with Gasteiger partial charge in [0.05, 0.1) is 11.6 Å². The number of halogens is 1. The van der Waals surface area contributed by atoms with Crippen molar-refractivity contribution < 1.29 is 9.53 Å². The van der Waals surface area contributed by atoms with Crippen LogP contribution in [0, 0.1) is 0 Å². The Morgan fingerprint density at radius 3 is 2.88 bits per heavy atom. The van der Waals surface area contributed by atoms with Gasteiger partial charge in [-0.05, 0) is 47.1 Å². The molecular formula is C11H15BrN2O2. The zero-order valence-corrected chi connectivity index (χ0v) is 10.7. The number of benzene rings is 1. The number of nitrogens with one attached hydrogen (secondary N) is 1. The third-order valence-corrected chi connectivity index (χ3v) is 2.66. The predicted molar refractivity (Wildman–Crippen MR) is 67.6 cm³/mol. The molecule has 0 saturated heterocycles. The molecule has 0 unspecified atom stereocenters. The first-order valence-electron chi connectivity index (χ1n) is 5.01. The van der Waals surface area contributed by atoms with Gasteiger partial charge < -0.3 is 15.8 Å². The van der Waals surface area contributed by atoms with Gasteiger partial charge >= 0.3 is 0 Å². The van der Waals surface area contributed by atoms with Crippen LogP contribution in [0.2, 0.25) is 0 Å². The van der Waals surface area contributed by atoms with Crippen LogP contribution >= 0.6 is 15.9 Å². The van der Waals surface area contributed by atoms with E-state index < -0.39 is 0 Å². The van der Waals surface area contributed by atoms with Crippen molar-refractivity contribution in [3.05, 3.63) is 22.7 Å². The van der Waals surface area contributed by atoms with Crippen LogP contribution in [0.25, 0.3) is 0 Å². The first-order chi connectivity index (χ1) is 7.67. The molecular weight excluding hydrogens is 272 g/mol. The summed E-state index contributed by atoms with van der Waals surface area (Å²) in [5.74, 6) is 0.711. The van der Waals surface area contributed by atoms with E-state index in [9.17, 15) is 4.79 Å². The Balaban J connectivity index is 2.61. The zero-order chi connectivity index (χ0) is 12.0. The highest BCUT2D eigenvalue weighted by atomic mass is 79.9. The Hall–Kier alpha value is -1.07. The molecule has 0 aliphatic heterocycles. The number of carbonyl (C=O) groups is 1. The smallest absolute Gasteiger partial charge is 0.224 e. The van der Waals surface area contributed by atoms with Crippen LogP contribution in [-0.2, 0) is 4.79 Å². The summed E-state index contributed by atoms with van der Waals surface area (Å²) in [6, 6.07) is 5.39. The van der Waals surface area contributed by atoms with Crippen molar-refractivity contribution in [1.29, 1.82) is 0 Å². The molecule has 0 aromatic heterocycles. The summed E-state index contributed by atoms with van der Waals surface area (Å²) in [5, 5.41) is 2.79. The van der Waals surface area contributed by atoms with Gasteiger partial charge in [0.1, 0.15) is 5.75 Å². The van der Waals surface area contributed by atoms with Crippen LogP contribution in [0.4, 0.5) is 5.69 Å². The SMILES string of the molecule is COc1ccc(NC(=O)CCCN)cc1Br. The van der Waals surface area contributed by atoms with E-state index in [0.717, 1.165) is 15.9 Å². The molecule has 0 aliphatic carbocycles. The Labute approximate surface area is 103 Å². The Bertz CT molecular complexity index is 369. The molecule has 0 heterocycles. The molecule has 0 atom stereocenters. The highest BCUT2D eigenvalue weighted by Crippen LogP contribution is 2.27. The van der Waals surface area contributed by atoms with Crippen molar-refractivity contribution in [2.45, 2.75) is 12.8 Å². The monoisotopic (exact) mass is 286 g/mol. The lowest BCUT2D eigenvalue weighted by molar-refractivity contribution is -0.116. The Kier molecular flexibility index (Phi) is 5.28. The normalized spacial score (nSPS) is 9.94. The Morgan fingerprint density at radius 1 is 1.56 bits per heavy atom. The second-order valence-electron chi connectivity index (χ2n) is 3.29. The average molecular weight is 287 g/mol. The fraction of sp³-hybridized carbons (Fsp3) is 0.364. The minimum absolute atomic E-state index is 0.0254. The number of ether oxygens (including phenoxy) is 1. The summed E-state index contributed by atoms with van der Waals surface area (Å²) >= 11 is 3.35. The molecule has 5 heteroatoms. The maximum Gasteiger partial charge on any atom is 0.224 e. The average Bonchev–Trinajstić information content (AvgIpc) is 2.26. The van der Waals surface area contributed by atoms with Crippen LogP contribution in [-0.4, -0.2) is 19.6 Å². The highest BCUT2D eigenvalue weighted by molar-refractivity contribution is 9.10. The van der Waals surface area contributed by atoms with E-state index in [2.05, 4.69) is 21.2 Å². The standard InChI is InChI=1S/C11H15BrN2O2/c1-16-10-5-4-8(7-9(10)12)14-11(15)3-2-6-13/h4-5,7H,2-3,6,13H2,1H3,(H,14,15). The van der Waals surface area contributed by atoms with E-state index in [1.54, 1.807) is 25.3 Å². The Morgan fingerprint density at radius 2 is 2.31 bits per heavy atom. The minimum atomic E-state index is -0.0254.